The van der Waals surface area contributed by atoms with E-state index in [9.17, 15) is 0 Å². The molecular weight excluding hydrogens is 240 g/mol. The van der Waals surface area contributed by atoms with E-state index in [2.05, 4.69) is 53.5 Å². The molecule has 1 aliphatic carbocycles. The van der Waals surface area contributed by atoms with Gasteiger partial charge in [-0.05, 0) is 36.1 Å². The topological polar surface area (TPSA) is 0 Å². The van der Waals surface area contributed by atoms with Gasteiger partial charge in [-0.25, -0.2) is 0 Å². The second-order valence-corrected chi connectivity index (χ2v) is 5.11. The molecule has 0 fully saturated rings. The molecule has 0 saturated heterocycles. The summed E-state index contributed by atoms with van der Waals surface area (Å²) in [5.74, 6) is 0. The minimum absolute atomic E-state index is 0. The fourth-order valence-electron chi connectivity index (χ4n) is 2.46. The van der Waals surface area contributed by atoms with E-state index in [-0.39, 0.29) is 12.8 Å². The molecule has 0 saturated carbocycles. The lowest BCUT2D eigenvalue weighted by Crippen LogP contribution is -2.13. The smallest absolute Gasteiger partial charge is 0.0158 e. The van der Waals surface area contributed by atoms with Crippen LogP contribution in [-0.2, 0) is 0 Å². The highest BCUT2D eigenvalue weighted by Gasteiger charge is 2.35. The number of hydrogen-bond acceptors (Lipinski definition) is 0. The number of rotatable bonds is 4. The first-order chi connectivity index (χ1) is 8.89. The van der Waals surface area contributed by atoms with Crippen LogP contribution in [0.1, 0.15) is 49.0 Å². The monoisotopic (exact) mass is 272 g/mol. The minimum atomic E-state index is -0.0218. The third-order valence-corrected chi connectivity index (χ3v) is 3.26. The molecule has 0 spiro atoms. The van der Waals surface area contributed by atoms with Crippen LogP contribution in [0.2, 0.25) is 0 Å². The van der Waals surface area contributed by atoms with Gasteiger partial charge in [0.1, 0.15) is 0 Å². The molecule has 0 aliphatic heterocycles. The van der Waals surface area contributed by atoms with Gasteiger partial charge in [0.15, 0.2) is 0 Å². The molecular formula is C20H32. The van der Waals surface area contributed by atoms with Gasteiger partial charge in [0.2, 0.25) is 0 Å². The zero-order chi connectivity index (χ0) is 15.2. The molecule has 0 aromatic carbocycles. The van der Waals surface area contributed by atoms with Gasteiger partial charge in [0, 0.05) is 5.41 Å². The summed E-state index contributed by atoms with van der Waals surface area (Å²) in [7, 11) is 0. The molecule has 1 aliphatic rings. The van der Waals surface area contributed by atoms with Crippen molar-refractivity contribution in [3.8, 4) is 0 Å². The van der Waals surface area contributed by atoms with Gasteiger partial charge < -0.3 is 0 Å². The zero-order valence-electron chi connectivity index (χ0n) is 13.4. The summed E-state index contributed by atoms with van der Waals surface area (Å²) in [6, 6.07) is 0. The molecule has 0 heteroatoms. The fraction of sp³-hybridized carbons (Fsp3) is 0.400. The highest BCUT2D eigenvalue weighted by atomic mass is 14.4. The van der Waals surface area contributed by atoms with Gasteiger partial charge in [0.05, 0.1) is 0 Å². The van der Waals surface area contributed by atoms with E-state index < -0.39 is 0 Å². The molecule has 1 rings (SSSR count). The van der Waals surface area contributed by atoms with Gasteiger partial charge in [-0.2, -0.15) is 0 Å². The van der Waals surface area contributed by atoms with Crippen LogP contribution in [0.25, 0.3) is 0 Å². The Balaban J connectivity index is 0. The zero-order valence-corrected chi connectivity index (χ0v) is 13.4. The Morgan fingerprint density at radius 3 is 1.55 bits per heavy atom. The Bertz CT molecular complexity index is 458. The van der Waals surface area contributed by atoms with E-state index in [0.717, 1.165) is 5.57 Å². The van der Waals surface area contributed by atoms with Gasteiger partial charge in [-0.15, -0.1) is 0 Å². The standard InChI is InChI=1S/C17H22.C2H6.CH4/c1-8-13-14(9-2)16(11-12(4)5)17(6,7)15(13)10-3;1-2;/h8-11H,1-3H2,4-7H3;1-2H3;1H4. The summed E-state index contributed by atoms with van der Waals surface area (Å²) in [5, 5.41) is 0. The van der Waals surface area contributed by atoms with Crippen LogP contribution in [0.5, 0.6) is 0 Å². The minimum Gasteiger partial charge on any atom is -0.0987 e. The summed E-state index contributed by atoms with van der Waals surface area (Å²) in [6.45, 7) is 24.4. The molecule has 0 N–H and O–H groups in total. The summed E-state index contributed by atoms with van der Waals surface area (Å²) in [5.41, 5.74) is 6.15. The second kappa shape index (κ2) is 8.58. The van der Waals surface area contributed by atoms with Crippen molar-refractivity contribution < 1.29 is 0 Å². The van der Waals surface area contributed by atoms with E-state index in [0.29, 0.717) is 0 Å². The van der Waals surface area contributed by atoms with Crippen molar-refractivity contribution in [2.75, 3.05) is 0 Å². The van der Waals surface area contributed by atoms with Crippen molar-refractivity contribution in [3.63, 3.8) is 0 Å². The largest absolute Gasteiger partial charge is 0.0987 e. The SMILES string of the molecule is C.C=CC1=C(C=C)C(C)(C)C(C=C(C)C)=C1C=C.CC. The molecule has 0 nitrogen and oxygen atoms in total. The van der Waals surface area contributed by atoms with Crippen LogP contribution in [-0.4, -0.2) is 0 Å². The van der Waals surface area contributed by atoms with Gasteiger partial charge >= 0.3 is 0 Å². The first-order valence-electron chi connectivity index (χ1n) is 6.92. The normalized spacial score (nSPS) is 15.7. The van der Waals surface area contributed by atoms with Crippen molar-refractivity contribution in [2.24, 2.45) is 5.41 Å². The average Bonchev–Trinajstić information content (AvgIpc) is 2.58. The van der Waals surface area contributed by atoms with E-state index in [4.69, 9.17) is 0 Å². The van der Waals surface area contributed by atoms with Crippen LogP contribution in [0.15, 0.2) is 71.9 Å². The summed E-state index contributed by atoms with van der Waals surface area (Å²) < 4.78 is 0. The lowest BCUT2D eigenvalue weighted by molar-refractivity contribution is 0.575. The van der Waals surface area contributed by atoms with Crippen molar-refractivity contribution >= 4 is 0 Å². The predicted octanol–water partition coefficient (Wildman–Crippen LogP) is 6.81. The maximum Gasteiger partial charge on any atom is 0.0158 e. The first-order valence-corrected chi connectivity index (χ1v) is 6.92. The molecule has 20 heavy (non-hydrogen) atoms. The van der Waals surface area contributed by atoms with Crippen molar-refractivity contribution in [1.82, 2.24) is 0 Å². The Morgan fingerprint density at radius 1 is 0.850 bits per heavy atom. The molecule has 0 heterocycles. The Morgan fingerprint density at radius 2 is 1.25 bits per heavy atom. The van der Waals surface area contributed by atoms with Gasteiger partial charge in [-0.3, -0.25) is 0 Å². The second-order valence-electron chi connectivity index (χ2n) is 5.11. The highest BCUT2D eigenvalue weighted by Crippen LogP contribution is 2.48. The highest BCUT2D eigenvalue weighted by molar-refractivity contribution is 5.66. The Hall–Kier alpha value is -1.56. The molecule has 0 bridgehead atoms. The molecule has 0 aromatic heterocycles. The van der Waals surface area contributed by atoms with E-state index in [1.165, 1.54) is 22.3 Å². The third-order valence-electron chi connectivity index (χ3n) is 3.26. The summed E-state index contributed by atoms with van der Waals surface area (Å²) in [6.07, 6.45) is 8.00. The molecule has 0 atom stereocenters. The van der Waals surface area contributed by atoms with Crippen LogP contribution >= 0.6 is 0 Å². The Labute approximate surface area is 127 Å². The first kappa shape index (κ1) is 20.8. The maximum absolute atomic E-state index is 3.93. The lowest BCUT2D eigenvalue weighted by atomic mass is 9.79. The van der Waals surface area contributed by atoms with Crippen LogP contribution < -0.4 is 0 Å². The molecule has 112 valence electrons. The van der Waals surface area contributed by atoms with Crippen LogP contribution in [0, 0.1) is 5.41 Å². The average molecular weight is 272 g/mol. The molecule has 0 radical (unpaired) electrons. The van der Waals surface area contributed by atoms with Crippen LogP contribution in [0.4, 0.5) is 0 Å². The summed E-state index contributed by atoms with van der Waals surface area (Å²) >= 11 is 0. The van der Waals surface area contributed by atoms with Crippen molar-refractivity contribution in [2.45, 2.75) is 49.0 Å². The summed E-state index contributed by atoms with van der Waals surface area (Å²) in [4.78, 5) is 0. The predicted molar refractivity (Wildman–Crippen MR) is 95.9 cm³/mol. The van der Waals surface area contributed by atoms with Gasteiger partial charge in [-0.1, -0.05) is 84.7 Å². The molecule has 0 aromatic rings. The maximum atomic E-state index is 3.93. The molecule has 0 amide bonds. The van der Waals surface area contributed by atoms with Gasteiger partial charge in [0.25, 0.3) is 0 Å². The van der Waals surface area contributed by atoms with Crippen LogP contribution in [0.3, 0.4) is 0 Å². The lowest BCUT2D eigenvalue weighted by Gasteiger charge is -2.24. The van der Waals surface area contributed by atoms with E-state index in [1.807, 2.05) is 32.1 Å². The number of allylic oxidation sites excluding steroid dienone is 9. The quantitative estimate of drug-likeness (QED) is 0.527. The fourth-order valence-corrected chi connectivity index (χ4v) is 2.46. The third kappa shape index (κ3) is 3.72. The van der Waals surface area contributed by atoms with Crippen molar-refractivity contribution in [1.29, 1.82) is 0 Å². The van der Waals surface area contributed by atoms with E-state index >= 15 is 0 Å². The van der Waals surface area contributed by atoms with E-state index in [1.54, 1.807) is 0 Å². The van der Waals surface area contributed by atoms with Crippen molar-refractivity contribution in [3.05, 3.63) is 71.9 Å². The molecule has 0 unspecified atom stereocenters. The number of hydrogen-bond donors (Lipinski definition) is 0. The Kier molecular flexibility index (Phi) is 8.90.